The third kappa shape index (κ3) is 2.85. The van der Waals surface area contributed by atoms with Gasteiger partial charge in [0.25, 0.3) is 0 Å². The van der Waals surface area contributed by atoms with Crippen molar-refractivity contribution in [3.63, 3.8) is 0 Å². The Morgan fingerprint density at radius 1 is 1.60 bits per heavy atom. The zero-order valence-electron chi connectivity index (χ0n) is 5.01. The Hall–Kier alpha value is -0.540. The second-order valence-corrected chi connectivity index (χ2v) is 2.16. The van der Waals surface area contributed by atoms with Crippen LogP contribution in [-0.2, 0) is 9.59 Å². The van der Waals surface area contributed by atoms with Crippen LogP contribution in [0.25, 0.3) is 0 Å². The number of rotatable bonds is 3. The van der Waals surface area contributed by atoms with Gasteiger partial charge in [0.05, 0.1) is 6.54 Å². The van der Waals surface area contributed by atoms with E-state index in [1.807, 2.05) is 0 Å². The summed E-state index contributed by atoms with van der Waals surface area (Å²) in [7, 11) is 0. The molecule has 0 aromatic heterocycles. The van der Waals surface area contributed by atoms with Gasteiger partial charge in [-0.05, 0) is 11.6 Å². The molecule has 5 heteroatoms. The Morgan fingerprint density at radius 2 is 2.10 bits per heavy atom. The number of carbonyl (C=O) groups excluding carboxylic acids is 2. The molecular weight excluding hydrogens is 177 g/mol. The van der Waals surface area contributed by atoms with Crippen LogP contribution in [0, 0.1) is 0 Å². The highest BCUT2D eigenvalue weighted by atomic mass is 35.5. The molecule has 0 atom stereocenters. The molecule has 0 aliphatic rings. The number of amides is 1. The Balaban J connectivity index is 3.94. The molecule has 0 aliphatic heterocycles. The van der Waals surface area contributed by atoms with E-state index in [9.17, 15) is 9.59 Å². The van der Waals surface area contributed by atoms with Gasteiger partial charge in [-0.15, -0.1) is 6.58 Å². The van der Waals surface area contributed by atoms with Crippen LogP contribution in [0.3, 0.4) is 0 Å². The molecule has 0 fully saturated rings. The van der Waals surface area contributed by atoms with E-state index in [1.54, 1.807) is 0 Å². The molecule has 1 amide bonds. The molecule has 0 saturated heterocycles. The molecule has 0 rings (SSSR count). The van der Waals surface area contributed by atoms with Gasteiger partial charge in [0.15, 0.2) is 0 Å². The maximum atomic E-state index is 10.5. The minimum absolute atomic E-state index is 0.0961. The van der Waals surface area contributed by atoms with Gasteiger partial charge in [0.2, 0.25) is 0 Å². The van der Waals surface area contributed by atoms with Crippen LogP contribution in [0.4, 0.5) is 0 Å². The van der Waals surface area contributed by atoms with Crippen molar-refractivity contribution in [1.29, 1.82) is 0 Å². The van der Waals surface area contributed by atoms with E-state index >= 15 is 0 Å². The van der Waals surface area contributed by atoms with Gasteiger partial charge < -0.3 is 0 Å². The normalized spacial score (nSPS) is 8.60. The van der Waals surface area contributed by atoms with Crippen LogP contribution in [0.15, 0.2) is 12.7 Å². The highest BCUT2D eigenvalue weighted by Gasteiger charge is 2.15. The Morgan fingerprint density at radius 3 is 2.40 bits per heavy atom. The Labute approximate surface area is 68.3 Å². The zero-order chi connectivity index (χ0) is 8.15. The van der Waals surface area contributed by atoms with E-state index in [0.717, 1.165) is 0 Å². The molecule has 3 nitrogen and oxygen atoms in total. The predicted octanol–water partition coefficient (Wildman–Crippen LogP) is 0.920. The molecule has 0 saturated carbocycles. The number of carbonyl (C=O) groups is 2. The summed E-state index contributed by atoms with van der Waals surface area (Å²) < 4.78 is 0.655. The van der Waals surface area contributed by atoms with Crippen LogP contribution >= 0.6 is 23.4 Å². The minimum Gasteiger partial charge on any atom is -0.270 e. The summed E-state index contributed by atoms with van der Waals surface area (Å²) in [6, 6.07) is 0. The summed E-state index contributed by atoms with van der Waals surface area (Å²) in [5.41, 5.74) is 0. The molecule has 0 aromatic rings. The molecule has 0 aromatic carbocycles. The molecule has 0 bridgehead atoms. The first-order valence-electron chi connectivity index (χ1n) is 2.37. The lowest BCUT2D eigenvalue weighted by atomic mass is 10.6. The van der Waals surface area contributed by atoms with Crippen molar-refractivity contribution in [3.8, 4) is 0 Å². The quantitative estimate of drug-likeness (QED) is 0.281. The SMILES string of the molecule is C=CCN(Cl)C(=O)C(=O)Cl. The van der Waals surface area contributed by atoms with Gasteiger partial charge in [-0.1, -0.05) is 6.08 Å². The first kappa shape index (κ1) is 9.46. The fourth-order valence-electron chi connectivity index (χ4n) is 0.292. The van der Waals surface area contributed by atoms with Crippen LogP contribution in [-0.4, -0.2) is 22.1 Å². The molecule has 0 N–H and O–H groups in total. The van der Waals surface area contributed by atoms with Crippen molar-refractivity contribution >= 4 is 34.5 Å². The van der Waals surface area contributed by atoms with Crippen molar-refractivity contribution < 1.29 is 9.59 Å². The monoisotopic (exact) mass is 181 g/mol. The van der Waals surface area contributed by atoms with E-state index in [-0.39, 0.29) is 6.54 Å². The third-order valence-corrected chi connectivity index (χ3v) is 1.13. The summed E-state index contributed by atoms with van der Waals surface area (Å²) >= 11 is 10.0. The summed E-state index contributed by atoms with van der Waals surface area (Å²) in [6.07, 6.45) is 1.38. The molecule has 10 heavy (non-hydrogen) atoms. The van der Waals surface area contributed by atoms with Crippen molar-refractivity contribution in [2.75, 3.05) is 6.54 Å². The largest absolute Gasteiger partial charge is 0.321 e. The van der Waals surface area contributed by atoms with Crippen molar-refractivity contribution in [1.82, 2.24) is 4.42 Å². The lowest BCUT2D eigenvalue weighted by Gasteiger charge is -2.06. The maximum absolute atomic E-state index is 10.5. The average molecular weight is 182 g/mol. The van der Waals surface area contributed by atoms with Gasteiger partial charge in [-0.3, -0.25) is 9.59 Å². The van der Waals surface area contributed by atoms with Gasteiger partial charge >= 0.3 is 11.1 Å². The second kappa shape index (κ2) is 4.30. The lowest BCUT2D eigenvalue weighted by molar-refractivity contribution is -0.137. The van der Waals surface area contributed by atoms with E-state index in [4.69, 9.17) is 23.4 Å². The smallest absolute Gasteiger partial charge is 0.270 e. The van der Waals surface area contributed by atoms with Gasteiger partial charge in [-0.25, -0.2) is 4.42 Å². The van der Waals surface area contributed by atoms with Crippen LogP contribution in [0.1, 0.15) is 0 Å². The molecule has 0 unspecified atom stereocenters. The fourth-order valence-corrected chi connectivity index (χ4v) is 0.611. The van der Waals surface area contributed by atoms with E-state index in [1.165, 1.54) is 6.08 Å². The van der Waals surface area contributed by atoms with E-state index < -0.39 is 11.1 Å². The van der Waals surface area contributed by atoms with Crippen molar-refractivity contribution in [3.05, 3.63) is 12.7 Å². The Bertz CT molecular complexity index is 169. The topological polar surface area (TPSA) is 37.4 Å². The van der Waals surface area contributed by atoms with Gasteiger partial charge in [0, 0.05) is 11.8 Å². The standard InChI is InChI=1S/C5H5Cl2NO2/c1-2-3-8(7)5(10)4(6)9/h2H,1,3H2. The highest BCUT2D eigenvalue weighted by Crippen LogP contribution is 1.97. The summed E-state index contributed by atoms with van der Waals surface area (Å²) in [4.78, 5) is 20.6. The number of hydrogen-bond acceptors (Lipinski definition) is 2. The van der Waals surface area contributed by atoms with Gasteiger partial charge in [-0.2, -0.15) is 0 Å². The zero-order valence-corrected chi connectivity index (χ0v) is 6.52. The molecule has 0 aliphatic carbocycles. The van der Waals surface area contributed by atoms with E-state index in [0.29, 0.717) is 4.42 Å². The predicted molar refractivity (Wildman–Crippen MR) is 38.6 cm³/mol. The Kier molecular flexibility index (Phi) is 4.07. The first-order chi connectivity index (χ1) is 4.59. The summed E-state index contributed by atoms with van der Waals surface area (Å²) in [6.45, 7) is 3.41. The number of nitrogens with zero attached hydrogens (tertiary/aromatic N) is 1. The average Bonchev–Trinajstić information content (AvgIpc) is 1.87. The summed E-state index contributed by atoms with van der Waals surface area (Å²) in [5, 5.41) is -1.10. The molecule has 0 radical (unpaired) electrons. The van der Waals surface area contributed by atoms with Crippen LogP contribution < -0.4 is 0 Å². The molecule has 0 heterocycles. The number of hydrogen-bond donors (Lipinski definition) is 0. The minimum atomic E-state index is -1.10. The van der Waals surface area contributed by atoms with E-state index in [2.05, 4.69) is 6.58 Å². The molecule has 0 spiro atoms. The van der Waals surface area contributed by atoms with Crippen molar-refractivity contribution in [2.24, 2.45) is 0 Å². The third-order valence-electron chi connectivity index (χ3n) is 0.678. The van der Waals surface area contributed by atoms with Crippen LogP contribution in [0.2, 0.25) is 0 Å². The highest BCUT2D eigenvalue weighted by molar-refractivity contribution is 6.81. The van der Waals surface area contributed by atoms with Crippen molar-refractivity contribution in [2.45, 2.75) is 0 Å². The second-order valence-electron chi connectivity index (χ2n) is 1.41. The fraction of sp³-hybridized carbons (Fsp3) is 0.200. The lowest BCUT2D eigenvalue weighted by Crippen LogP contribution is -2.26. The maximum Gasteiger partial charge on any atom is 0.321 e. The molecule has 56 valence electrons. The van der Waals surface area contributed by atoms with Crippen LogP contribution in [0.5, 0.6) is 0 Å². The summed E-state index contributed by atoms with van der Waals surface area (Å²) in [5.74, 6) is -0.941. The first-order valence-corrected chi connectivity index (χ1v) is 3.09. The number of halogens is 2. The van der Waals surface area contributed by atoms with Gasteiger partial charge in [0.1, 0.15) is 0 Å². The molecular formula is C5H5Cl2NO2.